The van der Waals surface area contributed by atoms with Gasteiger partial charge in [-0.05, 0) is 68.3 Å². The zero-order valence-electron chi connectivity index (χ0n) is 62.5. The van der Waals surface area contributed by atoms with Gasteiger partial charge < -0.3 is 71.2 Å². The van der Waals surface area contributed by atoms with E-state index in [-0.39, 0.29) is 80.8 Å². The van der Waals surface area contributed by atoms with Gasteiger partial charge >= 0.3 is 6.03 Å². The second-order valence-electron chi connectivity index (χ2n) is 28.6. The van der Waals surface area contributed by atoms with Crippen LogP contribution in [0.5, 0.6) is 0 Å². The summed E-state index contributed by atoms with van der Waals surface area (Å²) in [6.45, 7) is 24.8. The number of likely N-dealkylation sites (N-methyl/N-ethyl adjacent to an activating group) is 2. The number of aliphatic hydroxyl groups is 1. The Morgan fingerprint density at radius 3 is 1.83 bits per heavy atom. The van der Waals surface area contributed by atoms with E-state index in [2.05, 4.69) is 36.4 Å². The minimum absolute atomic E-state index is 0.000470. The number of methoxy groups -OCH3 is 2. The van der Waals surface area contributed by atoms with E-state index in [0.717, 1.165) is 4.90 Å². The Hall–Kier alpha value is -7.15. The van der Waals surface area contributed by atoms with Crippen molar-refractivity contribution < 1.29 is 72.1 Å². The van der Waals surface area contributed by atoms with Crippen LogP contribution in [-0.4, -0.2) is 297 Å². The number of urea groups is 1. The molecule has 0 spiro atoms. The maximum Gasteiger partial charge on any atom is 0.312 e. The minimum atomic E-state index is -1.26. The zero-order valence-corrected chi connectivity index (χ0v) is 62.5. The van der Waals surface area contributed by atoms with Crippen molar-refractivity contribution in [3.8, 4) is 0 Å². The lowest BCUT2D eigenvalue weighted by Gasteiger charge is -2.41. The van der Waals surface area contributed by atoms with Crippen LogP contribution in [0.15, 0.2) is 42.5 Å². The number of likely N-dealkylation sites (tertiary alicyclic amines) is 1. The van der Waals surface area contributed by atoms with Crippen molar-refractivity contribution >= 4 is 65.1 Å². The van der Waals surface area contributed by atoms with E-state index in [0.29, 0.717) is 116 Å². The number of primary amides is 1. The molecule has 6 rings (SSSR count). The number of ether oxygens (including phenoxy) is 3. The molecule has 1 aromatic rings. The second-order valence-corrected chi connectivity index (χ2v) is 28.6. The number of imide groups is 1. The number of amides is 12. The summed E-state index contributed by atoms with van der Waals surface area (Å²) >= 11 is 0. The van der Waals surface area contributed by atoms with Gasteiger partial charge in [0.15, 0.2) is 0 Å². The fourth-order valence-corrected chi connectivity index (χ4v) is 14.0. The standard InChI is InChI=1S/C72H120N14O15/c1-15-49(8)64(55(99-13)44-60(91)85-30-20-25-54(85)66(100-14)50(9)67(93)75-51(10)65(92)52-22-17-16-18-23-52)80(12)71(97)62(47(4)5)78-69(95)63(48(6)7)79(11)70(96)53(24-19-29-74-72(73)98)76-68(94)61(46(2)3)77-56(87)45-83-34-32-81-36-38-84(39-37-82(33-35-83)41-43-101-42-40-81)57(88)26-21-31-86-58(89)27-28-59(86)90/h16-18,22-23,27-28,46-51,53-55,61-66,92H,15,19-21,24-26,29-45H2,1-14H3,(H,75,93)(H,76,94)(H,77,87)(H,78,95)(H3,73,74,98)/t49-,50+,51+,53-,54+,55+,61-,62-,63-,64-,65+,66+/m0/s1. The molecule has 0 aliphatic carbocycles. The first-order valence-electron chi connectivity index (χ1n) is 36.4. The number of nitrogens with one attached hydrogen (secondary N) is 5. The number of nitrogens with zero attached hydrogens (tertiary/aromatic N) is 8. The molecule has 101 heavy (non-hydrogen) atoms. The third kappa shape index (κ3) is 25.1. The van der Waals surface area contributed by atoms with Gasteiger partial charge in [-0.15, -0.1) is 0 Å². The van der Waals surface area contributed by atoms with E-state index in [9.17, 15) is 53.1 Å². The van der Waals surface area contributed by atoms with Gasteiger partial charge in [-0.1, -0.05) is 99.1 Å². The number of hydrogen-bond acceptors (Lipinski definition) is 18. The van der Waals surface area contributed by atoms with Crippen LogP contribution in [0.1, 0.15) is 132 Å². The molecule has 5 aliphatic heterocycles. The van der Waals surface area contributed by atoms with Crippen LogP contribution in [0.3, 0.4) is 0 Å². The molecule has 2 bridgehead atoms. The van der Waals surface area contributed by atoms with E-state index >= 15 is 4.79 Å². The predicted octanol–water partition coefficient (Wildman–Crippen LogP) is 1.33. The zero-order chi connectivity index (χ0) is 74.8. The van der Waals surface area contributed by atoms with Crippen molar-refractivity contribution in [2.45, 2.75) is 181 Å². The van der Waals surface area contributed by atoms with E-state index in [1.165, 1.54) is 38.3 Å². The third-order valence-electron chi connectivity index (χ3n) is 20.3. The van der Waals surface area contributed by atoms with Crippen molar-refractivity contribution in [2.24, 2.45) is 35.3 Å². The molecule has 2 unspecified atom stereocenters. The molecule has 14 atom stereocenters. The van der Waals surface area contributed by atoms with Gasteiger partial charge in [0.05, 0.1) is 68.5 Å². The Labute approximate surface area is 598 Å². The summed E-state index contributed by atoms with van der Waals surface area (Å²) in [5.41, 5.74) is 6.06. The summed E-state index contributed by atoms with van der Waals surface area (Å²) in [5, 5.41) is 25.3. The first-order chi connectivity index (χ1) is 47.9. The lowest BCUT2D eigenvalue weighted by molar-refractivity contribution is -0.149. The Kier molecular flexibility index (Phi) is 35.0. The number of carbonyl (C=O) groups is 11. The predicted molar refractivity (Wildman–Crippen MR) is 381 cm³/mol. The van der Waals surface area contributed by atoms with Crippen molar-refractivity contribution in [1.82, 2.24) is 65.8 Å². The molecule has 0 aromatic heterocycles. The monoisotopic (exact) mass is 1420 g/mol. The molecule has 12 amide bonds. The average Bonchev–Trinajstić information content (AvgIpc) is 1.78. The van der Waals surface area contributed by atoms with Gasteiger partial charge in [0.25, 0.3) is 11.8 Å². The van der Waals surface area contributed by atoms with Gasteiger partial charge in [0, 0.05) is 132 Å². The molecule has 1 aromatic carbocycles. The van der Waals surface area contributed by atoms with E-state index in [1.54, 1.807) is 84.4 Å². The molecule has 568 valence electrons. The normalized spacial score (nSPS) is 21.2. The van der Waals surface area contributed by atoms with Crippen molar-refractivity contribution in [3.05, 3.63) is 48.0 Å². The highest BCUT2D eigenvalue weighted by Crippen LogP contribution is 2.31. The number of aliphatic hydroxyl groups excluding tert-OH is 1. The molecule has 29 heteroatoms. The van der Waals surface area contributed by atoms with Crippen molar-refractivity contribution in [1.29, 1.82) is 0 Å². The highest BCUT2D eigenvalue weighted by Gasteiger charge is 2.45. The maximum atomic E-state index is 15.1. The summed E-state index contributed by atoms with van der Waals surface area (Å²) in [7, 11) is 6.10. The molecular formula is C72H120N14O15. The Balaban J connectivity index is 1.26. The number of benzene rings is 1. The number of rotatable bonds is 35. The molecule has 29 nitrogen and oxygen atoms in total. The van der Waals surface area contributed by atoms with Crippen molar-refractivity contribution in [3.63, 3.8) is 0 Å². The molecule has 5 heterocycles. The summed E-state index contributed by atoms with van der Waals surface area (Å²) in [4.78, 5) is 166. The van der Waals surface area contributed by atoms with Gasteiger partial charge in [-0.3, -0.25) is 67.5 Å². The topological polar surface area (TPSA) is 348 Å². The third-order valence-corrected chi connectivity index (χ3v) is 20.3. The molecular weight excluding hydrogens is 1300 g/mol. The summed E-state index contributed by atoms with van der Waals surface area (Å²) < 4.78 is 18.1. The summed E-state index contributed by atoms with van der Waals surface area (Å²) in [6.07, 6.45) is 2.48. The molecule has 0 saturated carbocycles. The molecule has 0 radical (unpaired) electrons. The Bertz CT molecular complexity index is 2880. The number of fused-ring (bicyclic) bond motifs is 12. The van der Waals surface area contributed by atoms with Crippen LogP contribution in [-0.2, 0) is 62.2 Å². The van der Waals surface area contributed by atoms with E-state index < -0.39 is 120 Å². The van der Waals surface area contributed by atoms with Crippen LogP contribution in [0.25, 0.3) is 0 Å². The molecule has 5 aliphatic rings. The van der Waals surface area contributed by atoms with Gasteiger partial charge in [-0.2, -0.15) is 0 Å². The second kappa shape index (κ2) is 41.8. The number of carbonyl (C=O) groups excluding carboxylic acids is 11. The lowest BCUT2D eigenvalue weighted by atomic mass is 9.89. The quantitative estimate of drug-likeness (QED) is 0.0372. The fourth-order valence-electron chi connectivity index (χ4n) is 14.0. The summed E-state index contributed by atoms with van der Waals surface area (Å²) in [6, 6.07) is 1.88. The highest BCUT2D eigenvalue weighted by atomic mass is 16.5. The van der Waals surface area contributed by atoms with Gasteiger partial charge in [0.1, 0.15) is 24.2 Å². The van der Waals surface area contributed by atoms with E-state index in [4.69, 9.17) is 19.9 Å². The highest BCUT2D eigenvalue weighted by molar-refractivity contribution is 6.12. The van der Waals surface area contributed by atoms with E-state index in [1.807, 2.05) is 41.8 Å². The fraction of sp³-hybridized carbons (Fsp3) is 0.736. The largest absolute Gasteiger partial charge is 0.386 e. The smallest absolute Gasteiger partial charge is 0.312 e. The van der Waals surface area contributed by atoms with Crippen LogP contribution >= 0.6 is 0 Å². The minimum Gasteiger partial charge on any atom is -0.386 e. The average molecular weight is 1420 g/mol. The molecule has 8 N–H and O–H groups in total. The van der Waals surface area contributed by atoms with Crippen LogP contribution in [0.2, 0.25) is 0 Å². The molecule has 4 fully saturated rings. The van der Waals surface area contributed by atoms with Gasteiger partial charge in [0.2, 0.25) is 47.3 Å². The number of hydrogen-bond donors (Lipinski definition) is 7. The SMILES string of the molecule is CC[C@H](C)[C@@H]([C@@H](CC(=O)N1CCC[C@@H]1[C@H](OC)[C@@H](C)C(=O)N[C@H](C)[C@@H](O)c1ccccc1)OC)N(C)C(=O)[C@@H](NC(=O)[C@H](C(C)C)N(C)C(=O)[C@H](CCCNC(N)=O)NC(=O)[C@@H](NC(=O)CN1CCN2CCOCCN(CC1)CCN(C(=O)CCCN1C(=O)C=CC1=O)CC2)C(C)C)C(C)C. The van der Waals surface area contributed by atoms with Crippen LogP contribution < -0.4 is 32.3 Å². The van der Waals surface area contributed by atoms with Crippen LogP contribution in [0.4, 0.5) is 4.79 Å². The maximum absolute atomic E-state index is 15.1. The lowest BCUT2D eigenvalue weighted by Crippen LogP contribution is -2.62. The Morgan fingerprint density at radius 2 is 1.28 bits per heavy atom. The van der Waals surface area contributed by atoms with Crippen LogP contribution in [0, 0.1) is 29.6 Å². The molecule has 4 saturated heterocycles. The summed E-state index contributed by atoms with van der Waals surface area (Å²) in [5.74, 6) is -6.53. The number of nitrogens with two attached hydrogens (primary N) is 1. The van der Waals surface area contributed by atoms with Gasteiger partial charge in [-0.25, -0.2) is 4.79 Å². The first kappa shape index (κ1) is 84.5. The first-order valence-corrected chi connectivity index (χ1v) is 36.4. The van der Waals surface area contributed by atoms with Crippen molar-refractivity contribution in [2.75, 3.05) is 133 Å². The Morgan fingerprint density at radius 1 is 0.673 bits per heavy atom.